The van der Waals surface area contributed by atoms with Crippen LogP contribution < -0.4 is 14.8 Å². The Hall–Kier alpha value is -2.79. The maximum atomic E-state index is 12.3. The minimum atomic E-state index is -0.210. The first kappa shape index (κ1) is 21.9. The van der Waals surface area contributed by atoms with E-state index in [0.29, 0.717) is 12.3 Å². The lowest BCUT2D eigenvalue weighted by Crippen LogP contribution is -2.20. The molecule has 3 rings (SSSR count). The molecule has 0 fully saturated rings. The van der Waals surface area contributed by atoms with Crippen molar-refractivity contribution in [1.29, 1.82) is 0 Å². The largest absolute Gasteiger partial charge is 0.494 e. The molecule has 0 saturated heterocycles. The summed E-state index contributed by atoms with van der Waals surface area (Å²) in [6, 6.07) is 21.7. The molecule has 0 radical (unpaired) electrons. The summed E-state index contributed by atoms with van der Waals surface area (Å²) in [5, 5.41) is 2.87. The number of anilines is 1. The van der Waals surface area contributed by atoms with E-state index in [2.05, 4.69) is 33.4 Å². The summed E-state index contributed by atoms with van der Waals surface area (Å²) in [4.78, 5) is 12.3. The van der Waals surface area contributed by atoms with Crippen molar-refractivity contribution >= 4 is 27.5 Å². The number of benzene rings is 3. The average Bonchev–Trinajstić information content (AvgIpc) is 2.71. The van der Waals surface area contributed by atoms with E-state index in [1.165, 1.54) is 5.56 Å². The predicted molar refractivity (Wildman–Crippen MR) is 124 cm³/mol. The Morgan fingerprint density at radius 3 is 2.40 bits per heavy atom. The molecule has 3 aromatic carbocycles. The lowest BCUT2D eigenvalue weighted by atomic mass is 10.1. The molecule has 0 atom stereocenters. The van der Waals surface area contributed by atoms with Crippen LogP contribution >= 0.6 is 15.9 Å². The topological polar surface area (TPSA) is 47.6 Å². The third-order valence-electron chi connectivity index (χ3n) is 4.61. The number of ether oxygens (including phenoxy) is 2. The van der Waals surface area contributed by atoms with Gasteiger partial charge in [0.05, 0.1) is 6.61 Å². The Morgan fingerprint density at radius 1 is 0.933 bits per heavy atom. The fourth-order valence-corrected chi connectivity index (χ4v) is 3.92. The van der Waals surface area contributed by atoms with Crippen molar-refractivity contribution in [3.8, 4) is 11.5 Å². The SMILES string of the molecule is Cc1cc(Br)cc(C)c1OCC(=O)Nc1cccc(OCCCc2ccccc2)c1. The lowest BCUT2D eigenvalue weighted by molar-refractivity contribution is -0.118. The molecule has 0 unspecified atom stereocenters. The minimum absolute atomic E-state index is 0.0501. The molecule has 0 spiro atoms. The predicted octanol–water partition coefficient (Wildman–Crippen LogP) is 6.10. The zero-order valence-corrected chi connectivity index (χ0v) is 18.9. The highest BCUT2D eigenvalue weighted by Gasteiger charge is 2.09. The number of hydrogen-bond donors (Lipinski definition) is 1. The van der Waals surface area contributed by atoms with E-state index < -0.39 is 0 Å². The van der Waals surface area contributed by atoms with Crippen LogP contribution in [0.25, 0.3) is 0 Å². The van der Waals surface area contributed by atoms with Gasteiger partial charge in [-0.05, 0) is 67.6 Å². The van der Waals surface area contributed by atoms with Gasteiger partial charge in [-0.15, -0.1) is 0 Å². The number of carbonyl (C=O) groups excluding carboxylic acids is 1. The first-order valence-corrected chi connectivity index (χ1v) is 10.8. The van der Waals surface area contributed by atoms with Gasteiger partial charge in [-0.3, -0.25) is 4.79 Å². The molecule has 3 aromatic rings. The highest BCUT2D eigenvalue weighted by atomic mass is 79.9. The van der Waals surface area contributed by atoms with Crippen LogP contribution in [-0.2, 0) is 11.2 Å². The van der Waals surface area contributed by atoms with Gasteiger partial charge in [-0.1, -0.05) is 52.3 Å². The Bertz CT molecular complexity index is 966. The van der Waals surface area contributed by atoms with Gasteiger partial charge < -0.3 is 14.8 Å². The summed E-state index contributed by atoms with van der Waals surface area (Å²) < 4.78 is 12.6. The first-order chi connectivity index (χ1) is 14.5. The Balaban J connectivity index is 1.47. The zero-order chi connectivity index (χ0) is 21.3. The normalized spacial score (nSPS) is 10.5. The Kier molecular flexibility index (Phi) is 7.91. The van der Waals surface area contributed by atoms with E-state index in [4.69, 9.17) is 9.47 Å². The Morgan fingerprint density at radius 2 is 1.67 bits per heavy atom. The second kappa shape index (κ2) is 10.8. The fourth-order valence-electron chi connectivity index (χ4n) is 3.23. The van der Waals surface area contributed by atoms with Crippen molar-refractivity contribution in [1.82, 2.24) is 0 Å². The lowest BCUT2D eigenvalue weighted by Gasteiger charge is -2.13. The van der Waals surface area contributed by atoms with Crippen molar-refractivity contribution in [2.24, 2.45) is 0 Å². The fraction of sp³-hybridized carbons (Fsp3) is 0.240. The quantitative estimate of drug-likeness (QED) is 0.387. The van der Waals surface area contributed by atoms with Crippen molar-refractivity contribution in [3.05, 3.63) is 87.9 Å². The van der Waals surface area contributed by atoms with Crippen molar-refractivity contribution < 1.29 is 14.3 Å². The van der Waals surface area contributed by atoms with Crippen LogP contribution in [0.3, 0.4) is 0 Å². The maximum absolute atomic E-state index is 12.3. The number of hydrogen-bond acceptors (Lipinski definition) is 3. The molecule has 1 amide bonds. The molecule has 4 nitrogen and oxygen atoms in total. The molecule has 0 aliphatic carbocycles. The smallest absolute Gasteiger partial charge is 0.262 e. The second-order valence-electron chi connectivity index (χ2n) is 7.17. The maximum Gasteiger partial charge on any atom is 0.262 e. The molecule has 0 aromatic heterocycles. The van der Waals surface area contributed by atoms with Gasteiger partial charge in [-0.25, -0.2) is 0 Å². The summed E-state index contributed by atoms with van der Waals surface area (Å²) in [5.74, 6) is 1.27. The number of nitrogens with one attached hydrogen (secondary N) is 1. The minimum Gasteiger partial charge on any atom is -0.494 e. The number of amides is 1. The number of aryl methyl sites for hydroxylation is 3. The van der Waals surface area contributed by atoms with Gasteiger partial charge in [0.25, 0.3) is 5.91 Å². The van der Waals surface area contributed by atoms with E-state index in [1.54, 1.807) is 0 Å². The molecular weight excluding hydrogens is 442 g/mol. The molecule has 156 valence electrons. The molecule has 0 heterocycles. The van der Waals surface area contributed by atoms with Crippen LogP contribution in [-0.4, -0.2) is 19.1 Å². The van der Waals surface area contributed by atoms with Gasteiger partial charge in [0, 0.05) is 16.2 Å². The van der Waals surface area contributed by atoms with Crippen LogP contribution in [0.2, 0.25) is 0 Å². The highest BCUT2D eigenvalue weighted by Crippen LogP contribution is 2.27. The monoisotopic (exact) mass is 467 g/mol. The standard InChI is InChI=1S/C25H26BrNO3/c1-18-14-21(26)15-19(2)25(18)30-17-24(28)27-22-11-6-12-23(16-22)29-13-7-10-20-8-4-3-5-9-20/h3-6,8-9,11-12,14-16H,7,10,13,17H2,1-2H3,(H,27,28). The molecule has 5 heteroatoms. The van der Waals surface area contributed by atoms with E-state index in [1.807, 2.05) is 68.4 Å². The van der Waals surface area contributed by atoms with Crippen molar-refractivity contribution in [2.45, 2.75) is 26.7 Å². The third kappa shape index (κ3) is 6.63. The molecule has 0 bridgehead atoms. The third-order valence-corrected chi connectivity index (χ3v) is 5.07. The summed E-state index contributed by atoms with van der Waals surface area (Å²) in [5.41, 5.74) is 3.97. The average molecular weight is 468 g/mol. The van der Waals surface area contributed by atoms with Crippen LogP contribution in [0.15, 0.2) is 71.2 Å². The van der Waals surface area contributed by atoms with Crippen molar-refractivity contribution in [2.75, 3.05) is 18.5 Å². The molecule has 0 saturated carbocycles. The van der Waals surface area contributed by atoms with Crippen molar-refractivity contribution in [3.63, 3.8) is 0 Å². The molecule has 0 aliphatic heterocycles. The first-order valence-electron chi connectivity index (χ1n) is 9.97. The van der Waals surface area contributed by atoms with Gasteiger partial charge in [0.2, 0.25) is 0 Å². The van der Waals surface area contributed by atoms with Gasteiger partial charge in [0.15, 0.2) is 6.61 Å². The number of rotatable bonds is 9. The van der Waals surface area contributed by atoms with E-state index >= 15 is 0 Å². The number of carbonyl (C=O) groups is 1. The van der Waals surface area contributed by atoms with Gasteiger partial charge >= 0.3 is 0 Å². The van der Waals surface area contributed by atoms with E-state index in [0.717, 1.165) is 39.9 Å². The summed E-state index contributed by atoms with van der Waals surface area (Å²) in [6.45, 7) is 4.50. The summed E-state index contributed by atoms with van der Waals surface area (Å²) in [6.07, 6.45) is 1.91. The molecule has 30 heavy (non-hydrogen) atoms. The molecule has 1 N–H and O–H groups in total. The molecular formula is C25H26BrNO3. The van der Waals surface area contributed by atoms with Crippen LogP contribution in [0.1, 0.15) is 23.1 Å². The second-order valence-corrected chi connectivity index (χ2v) is 8.09. The Labute approximate surface area is 186 Å². The summed E-state index contributed by atoms with van der Waals surface area (Å²) >= 11 is 3.47. The van der Waals surface area contributed by atoms with E-state index in [-0.39, 0.29) is 12.5 Å². The van der Waals surface area contributed by atoms with Crippen LogP contribution in [0, 0.1) is 13.8 Å². The van der Waals surface area contributed by atoms with Crippen LogP contribution in [0.4, 0.5) is 5.69 Å². The number of halogens is 1. The highest BCUT2D eigenvalue weighted by molar-refractivity contribution is 9.10. The van der Waals surface area contributed by atoms with Gasteiger partial charge in [-0.2, -0.15) is 0 Å². The van der Waals surface area contributed by atoms with Crippen LogP contribution in [0.5, 0.6) is 11.5 Å². The summed E-state index contributed by atoms with van der Waals surface area (Å²) in [7, 11) is 0. The zero-order valence-electron chi connectivity index (χ0n) is 17.3. The van der Waals surface area contributed by atoms with E-state index in [9.17, 15) is 4.79 Å². The van der Waals surface area contributed by atoms with Gasteiger partial charge in [0.1, 0.15) is 11.5 Å². The molecule has 0 aliphatic rings.